The zero-order valence-corrected chi connectivity index (χ0v) is 12.1. The fourth-order valence-electron chi connectivity index (χ4n) is 3.07. The lowest BCUT2D eigenvalue weighted by molar-refractivity contribution is -0.121. The molecule has 0 heterocycles. The van der Waals surface area contributed by atoms with Crippen LogP contribution in [-0.2, 0) is 4.79 Å². The zero-order valence-electron chi connectivity index (χ0n) is 11.2. The second-order valence-corrected chi connectivity index (χ2v) is 5.62. The molecule has 3 nitrogen and oxygen atoms in total. The van der Waals surface area contributed by atoms with Crippen LogP contribution in [0.1, 0.15) is 64.2 Å². The van der Waals surface area contributed by atoms with E-state index in [0.717, 1.165) is 0 Å². The molecule has 0 saturated heterocycles. The van der Waals surface area contributed by atoms with Crippen LogP contribution in [-0.4, -0.2) is 24.5 Å². The Morgan fingerprint density at radius 2 is 1.33 bits per heavy atom. The third-order valence-corrected chi connectivity index (χ3v) is 4.13. The highest BCUT2D eigenvalue weighted by atomic mass is 35.5. The average Bonchev–Trinajstić information content (AvgIpc) is 2.39. The molecule has 0 aromatic carbocycles. The van der Waals surface area contributed by atoms with Gasteiger partial charge >= 0.3 is 0 Å². The molecule has 0 spiro atoms. The second kappa shape index (κ2) is 8.76. The lowest BCUT2D eigenvalue weighted by Crippen LogP contribution is -2.44. The molecule has 2 fully saturated rings. The number of nitrogens with one attached hydrogen (secondary N) is 2. The van der Waals surface area contributed by atoms with Crippen LogP contribution in [0.25, 0.3) is 0 Å². The number of hydrogen-bond acceptors (Lipinski definition) is 2. The Labute approximate surface area is 117 Å². The molecule has 18 heavy (non-hydrogen) atoms. The number of amides is 1. The molecule has 2 saturated carbocycles. The van der Waals surface area contributed by atoms with Crippen molar-refractivity contribution in [1.29, 1.82) is 0 Å². The normalized spacial score (nSPS) is 22.2. The molecule has 1 amide bonds. The minimum absolute atomic E-state index is 0. The SMILES string of the molecule is Cl.O=C(CNC1CCCCC1)NC1CCCCC1. The first-order valence-corrected chi connectivity index (χ1v) is 7.37. The molecule has 0 aromatic heterocycles. The van der Waals surface area contributed by atoms with Gasteiger partial charge in [0.1, 0.15) is 0 Å². The first kappa shape index (κ1) is 15.8. The highest BCUT2D eigenvalue weighted by Gasteiger charge is 2.17. The number of carbonyl (C=O) groups excluding carboxylic acids is 1. The molecular weight excluding hydrogens is 248 g/mol. The number of halogens is 1. The molecule has 0 bridgehead atoms. The monoisotopic (exact) mass is 274 g/mol. The van der Waals surface area contributed by atoms with Gasteiger partial charge in [0, 0.05) is 12.1 Å². The first-order chi connectivity index (χ1) is 8.34. The van der Waals surface area contributed by atoms with Gasteiger partial charge in [0.2, 0.25) is 5.91 Å². The summed E-state index contributed by atoms with van der Waals surface area (Å²) in [5.41, 5.74) is 0. The van der Waals surface area contributed by atoms with Gasteiger partial charge in [0.25, 0.3) is 0 Å². The summed E-state index contributed by atoms with van der Waals surface area (Å²) in [6, 6.07) is 1.03. The van der Waals surface area contributed by atoms with Crippen molar-refractivity contribution in [2.24, 2.45) is 0 Å². The van der Waals surface area contributed by atoms with Gasteiger partial charge in [-0.05, 0) is 25.7 Å². The summed E-state index contributed by atoms with van der Waals surface area (Å²) in [5, 5.41) is 6.56. The molecule has 2 N–H and O–H groups in total. The van der Waals surface area contributed by atoms with Crippen LogP contribution in [0.3, 0.4) is 0 Å². The van der Waals surface area contributed by atoms with Crippen LogP contribution < -0.4 is 10.6 Å². The van der Waals surface area contributed by atoms with Crippen LogP contribution >= 0.6 is 12.4 Å². The quantitative estimate of drug-likeness (QED) is 0.828. The van der Waals surface area contributed by atoms with E-state index >= 15 is 0 Å². The molecule has 2 rings (SSSR count). The van der Waals surface area contributed by atoms with Gasteiger partial charge in [-0.2, -0.15) is 0 Å². The highest BCUT2D eigenvalue weighted by Crippen LogP contribution is 2.18. The van der Waals surface area contributed by atoms with Crippen molar-refractivity contribution in [2.75, 3.05) is 6.54 Å². The average molecular weight is 275 g/mol. The van der Waals surface area contributed by atoms with Crippen molar-refractivity contribution >= 4 is 18.3 Å². The van der Waals surface area contributed by atoms with E-state index in [-0.39, 0.29) is 18.3 Å². The fourth-order valence-corrected chi connectivity index (χ4v) is 3.07. The molecular formula is C14H27ClN2O. The van der Waals surface area contributed by atoms with Crippen molar-refractivity contribution in [2.45, 2.75) is 76.3 Å². The van der Waals surface area contributed by atoms with Crippen LogP contribution in [0.4, 0.5) is 0 Å². The summed E-state index contributed by atoms with van der Waals surface area (Å²) in [5.74, 6) is 0.197. The van der Waals surface area contributed by atoms with Gasteiger partial charge < -0.3 is 10.6 Å². The lowest BCUT2D eigenvalue weighted by atomic mass is 9.95. The molecule has 0 atom stereocenters. The summed E-state index contributed by atoms with van der Waals surface area (Å²) in [6.45, 7) is 0.515. The maximum absolute atomic E-state index is 11.8. The Bertz CT molecular complexity index is 236. The topological polar surface area (TPSA) is 41.1 Å². The Hall–Kier alpha value is -0.280. The summed E-state index contributed by atoms with van der Waals surface area (Å²) < 4.78 is 0. The van der Waals surface area contributed by atoms with Gasteiger partial charge in [0.15, 0.2) is 0 Å². The van der Waals surface area contributed by atoms with E-state index in [2.05, 4.69) is 10.6 Å². The van der Waals surface area contributed by atoms with E-state index in [1.807, 2.05) is 0 Å². The molecule has 2 aliphatic rings. The van der Waals surface area contributed by atoms with Gasteiger partial charge in [0.05, 0.1) is 6.54 Å². The molecule has 0 aromatic rings. The highest BCUT2D eigenvalue weighted by molar-refractivity contribution is 5.85. The summed E-state index contributed by atoms with van der Waals surface area (Å²) in [4.78, 5) is 11.8. The Morgan fingerprint density at radius 1 is 0.833 bits per heavy atom. The van der Waals surface area contributed by atoms with Crippen molar-refractivity contribution in [3.05, 3.63) is 0 Å². The van der Waals surface area contributed by atoms with Crippen molar-refractivity contribution in [1.82, 2.24) is 10.6 Å². The lowest BCUT2D eigenvalue weighted by Gasteiger charge is -2.25. The maximum atomic E-state index is 11.8. The second-order valence-electron chi connectivity index (χ2n) is 5.62. The van der Waals surface area contributed by atoms with E-state index in [1.54, 1.807) is 0 Å². The zero-order chi connectivity index (χ0) is 11.9. The maximum Gasteiger partial charge on any atom is 0.234 e. The third-order valence-electron chi connectivity index (χ3n) is 4.13. The van der Waals surface area contributed by atoms with Crippen LogP contribution in [0.2, 0.25) is 0 Å². The van der Waals surface area contributed by atoms with Crippen molar-refractivity contribution in [3.63, 3.8) is 0 Å². The fraction of sp³-hybridized carbons (Fsp3) is 0.929. The Kier molecular flexibility index (Phi) is 7.68. The predicted molar refractivity (Wildman–Crippen MR) is 77.1 cm³/mol. The number of carbonyl (C=O) groups is 1. The van der Waals surface area contributed by atoms with Crippen LogP contribution in [0.5, 0.6) is 0 Å². The van der Waals surface area contributed by atoms with Crippen LogP contribution in [0, 0.1) is 0 Å². The van der Waals surface area contributed by atoms with Crippen LogP contribution in [0.15, 0.2) is 0 Å². The molecule has 0 unspecified atom stereocenters. The smallest absolute Gasteiger partial charge is 0.234 e. The Balaban J connectivity index is 0.00000162. The van der Waals surface area contributed by atoms with E-state index in [9.17, 15) is 4.79 Å². The van der Waals surface area contributed by atoms with Gasteiger partial charge in [-0.3, -0.25) is 4.79 Å². The minimum Gasteiger partial charge on any atom is -0.352 e. The summed E-state index contributed by atoms with van der Waals surface area (Å²) in [6.07, 6.45) is 12.8. The van der Waals surface area contributed by atoms with Crippen molar-refractivity contribution in [3.8, 4) is 0 Å². The van der Waals surface area contributed by atoms with Gasteiger partial charge in [-0.1, -0.05) is 38.5 Å². The Morgan fingerprint density at radius 3 is 1.89 bits per heavy atom. The van der Waals surface area contributed by atoms with Gasteiger partial charge in [-0.15, -0.1) is 12.4 Å². The molecule has 0 aliphatic heterocycles. The standard InChI is InChI=1S/C14H26N2O.ClH/c17-14(16-13-9-5-2-6-10-13)11-15-12-7-3-1-4-8-12;/h12-13,15H,1-11H2,(H,16,17);1H. The molecule has 106 valence electrons. The van der Waals surface area contributed by atoms with E-state index < -0.39 is 0 Å². The van der Waals surface area contributed by atoms with E-state index in [1.165, 1.54) is 64.2 Å². The van der Waals surface area contributed by atoms with E-state index in [4.69, 9.17) is 0 Å². The molecule has 0 radical (unpaired) electrons. The molecule has 2 aliphatic carbocycles. The molecule has 4 heteroatoms. The van der Waals surface area contributed by atoms with Gasteiger partial charge in [-0.25, -0.2) is 0 Å². The summed E-state index contributed by atoms with van der Waals surface area (Å²) >= 11 is 0. The van der Waals surface area contributed by atoms with E-state index in [0.29, 0.717) is 18.6 Å². The predicted octanol–water partition coefficient (Wildman–Crippen LogP) is 2.78. The summed E-state index contributed by atoms with van der Waals surface area (Å²) in [7, 11) is 0. The first-order valence-electron chi connectivity index (χ1n) is 7.37. The third kappa shape index (κ3) is 5.57. The number of hydrogen-bond donors (Lipinski definition) is 2. The largest absolute Gasteiger partial charge is 0.352 e. The number of rotatable bonds is 4. The minimum atomic E-state index is 0. The van der Waals surface area contributed by atoms with Crippen molar-refractivity contribution < 1.29 is 4.79 Å².